The van der Waals surface area contributed by atoms with Crippen molar-refractivity contribution in [3.8, 4) is 0 Å². The summed E-state index contributed by atoms with van der Waals surface area (Å²) in [7, 11) is -2.99. The van der Waals surface area contributed by atoms with Gasteiger partial charge in [-0.15, -0.1) is 11.3 Å². The van der Waals surface area contributed by atoms with E-state index in [0.717, 1.165) is 30.1 Å². The first kappa shape index (κ1) is 16.9. The first-order valence-electron chi connectivity index (χ1n) is 7.60. The fourth-order valence-electron chi connectivity index (χ4n) is 2.70. The summed E-state index contributed by atoms with van der Waals surface area (Å²) in [5.41, 5.74) is 0.554. The second kappa shape index (κ2) is 5.97. The topological polar surface area (TPSA) is 59.1 Å². The lowest BCUT2D eigenvalue weighted by atomic mass is 9.92. The molecule has 1 aromatic rings. The van der Waals surface area contributed by atoms with Gasteiger partial charge >= 0.3 is 0 Å². The molecule has 4 nitrogen and oxygen atoms in total. The summed E-state index contributed by atoms with van der Waals surface area (Å²) in [5.74, 6) is 0.483. The molecule has 1 aliphatic heterocycles. The average Bonchev–Trinajstić information content (AvgIpc) is 2.85. The molecule has 1 N–H and O–H groups in total. The van der Waals surface area contributed by atoms with E-state index in [-0.39, 0.29) is 11.2 Å². The van der Waals surface area contributed by atoms with Gasteiger partial charge in [-0.05, 0) is 25.8 Å². The van der Waals surface area contributed by atoms with E-state index in [2.05, 4.69) is 38.4 Å². The van der Waals surface area contributed by atoms with Crippen LogP contribution in [0.4, 0.5) is 0 Å². The van der Waals surface area contributed by atoms with E-state index in [4.69, 9.17) is 4.98 Å². The van der Waals surface area contributed by atoms with Gasteiger partial charge in [-0.25, -0.2) is 13.4 Å². The van der Waals surface area contributed by atoms with Crippen LogP contribution in [-0.4, -0.2) is 31.5 Å². The van der Waals surface area contributed by atoms with Gasteiger partial charge in [0.25, 0.3) is 0 Å². The molecule has 0 spiro atoms. The lowest BCUT2D eigenvalue weighted by Gasteiger charge is -2.36. The van der Waals surface area contributed by atoms with Gasteiger partial charge in [0.05, 0.1) is 22.7 Å². The molecule has 0 radical (unpaired) electrons. The summed E-state index contributed by atoms with van der Waals surface area (Å²) < 4.78 is 24.3. The van der Waals surface area contributed by atoms with E-state index in [0.29, 0.717) is 12.2 Å². The minimum absolute atomic E-state index is 0.00572. The summed E-state index contributed by atoms with van der Waals surface area (Å²) in [5, 5.41) is 6.50. The zero-order valence-corrected chi connectivity index (χ0v) is 15.0. The zero-order valence-electron chi connectivity index (χ0n) is 13.4. The molecule has 6 heteroatoms. The molecule has 1 fully saturated rings. The molecule has 1 atom stereocenters. The highest BCUT2D eigenvalue weighted by Crippen LogP contribution is 2.36. The van der Waals surface area contributed by atoms with Crippen molar-refractivity contribution in [1.82, 2.24) is 10.3 Å². The second-order valence-corrected chi connectivity index (χ2v) is 10.0. The first-order chi connectivity index (χ1) is 9.69. The number of thiazole rings is 1. The van der Waals surface area contributed by atoms with Gasteiger partial charge in [-0.2, -0.15) is 0 Å². The quantitative estimate of drug-likeness (QED) is 0.922. The normalized spacial score (nSPS) is 25.9. The Bertz CT molecular complexity index is 587. The van der Waals surface area contributed by atoms with E-state index in [1.54, 1.807) is 11.3 Å². The van der Waals surface area contributed by atoms with Crippen LogP contribution in [0.25, 0.3) is 0 Å². The van der Waals surface area contributed by atoms with Crippen molar-refractivity contribution in [3.63, 3.8) is 0 Å². The van der Waals surface area contributed by atoms with Crippen LogP contribution < -0.4 is 5.32 Å². The molecule has 1 saturated heterocycles. The number of nitrogens with one attached hydrogen (secondary N) is 1. The Balaban J connectivity index is 2.38. The monoisotopic (exact) mass is 330 g/mol. The Kier molecular flexibility index (Phi) is 4.81. The Labute approximate surface area is 132 Å². The summed E-state index contributed by atoms with van der Waals surface area (Å²) in [6.45, 7) is 9.32. The van der Waals surface area contributed by atoms with Gasteiger partial charge in [-0.3, -0.25) is 0 Å². The first-order valence-corrected chi connectivity index (χ1v) is 10.3. The minimum Gasteiger partial charge on any atom is -0.305 e. The van der Waals surface area contributed by atoms with Crippen molar-refractivity contribution < 1.29 is 8.42 Å². The van der Waals surface area contributed by atoms with Crippen LogP contribution in [0, 0.1) is 0 Å². The van der Waals surface area contributed by atoms with E-state index >= 15 is 0 Å². The van der Waals surface area contributed by atoms with E-state index in [9.17, 15) is 8.42 Å². The predicted molar refractivity (Wildman–Crippen MR) is 88.7 cm³/mol. The summed E-state index contributed by atoms with van der Waals surface area (Å²) in [6, 6.07) is 0. The van der Waals surface area contributed by atoms with E-state index in [1.807, 2.05) is 0 Å². The minimum atomic E-state index is -2.99. The fraction of sp³-hybridized carbons (Fsp3) is 0.800. The fourth-order valence-corrected chi connectivity index (χ4v) is 5.91. The molecule has 2 heterocycles. The standard InChI is InChI=1S/C15H26N2O2S2/c1-5-8-16-15(7-6-9-21(18,19)11-15)13-17-12(10-20-13)14(2,3)4/h10,16H,5-9,11H2,1-4H3. The SMILES string of the molecule is CCCNC1(c2nc(C(C)(C)C)cs2)CCCS(=O)(=O)C1. The maximum Gasteiger partial charge on any atom is 0.152 e. The van der Waals surface area contributed by atoms with E-state index in [1.165, 1.54) is 0 Å². The maximum atomic E-state index is 12.1. The summed E-state index contributed by atoms with van der Waals surface area (Å²) in [4.78, 5) is 4.79. The molecule has 1 aliphatic rings. The van der Waals surface area contributed by atoms with Crippen LogP contribution in [0.5, 0.6) is 0 Å². The largest absolute Gasteiger partial charge is 0.305 e. The molecule has 0 amide bonds. The van der Waals surface area contributed by atoms with Gasteiger partial charge in [0.2, 0.25) is 0 Å². The summed E-state index contributed by atoms with van der Waals surface area (Å²) >= 11 is 1.59. The third-order valence-electron chi connectivity index (χ3n) is 3.92. The Morgan fingerprint density at radius 3 is 2.67 bits per heavy atom. The predicted octanol–water partition coefficient (Wildman–Crippen LogP) is 2.84. The molecule has 21 heavy (non-hydrogen) atoms. The molecular weight excluding hydrogens is 304 g/mol. The highest BCUT2D eigenvalue weighted by atomic mass is 32.2. The van der Waals surface area contributed by atoms with Crippen molar-refractivity contribution in [3.05, 3.63) is 16.1 Å². The van der Waals surface area contributed by atoms with Gasteiger partial charge in [0, 0.05) is 10.8 Å². The van der Waals surface area contributed by atoms with Gasteiger partial charge < -0.3 is 5.32 Å². The highest BCUT2D eigenvalue weighted by Gasteiger charge is 2.42. The molecule has 2 rings (SSSR count). The van der Waals surface area contributed by atoms with Crippen LogP contribution >= 0.6 is 11.3 Å². The molecule has 120 valence electrons. The third kappa shape index (κ3) is 3.85. The lowest BCUT2D eigenvalue weighted by Crippen LogP contribution is -2.51. The van der Waals surface area contributed by atoms with Gasteiger partial charge in [0.1, 0.15) is 5.01 Å². The Morgan fingerprint density at radius 1 is 1.43 bits per heavy atom. The van der Waals surface area contributed by atoms with Crippen LogP contribution in [-0.2, 0) is 20.8 Å². The zero-order chi connectivity index (χ0) is 15.7. The summed E-state index contributed by atoms with van der Waals surface area (Å²) in [6.07, 6.45) is 2.55. The number of nitrogens with zero attached hydrogens (tertiary/aromatic N) is 1. The van der Waals surface area contributed by atoms with Gasteiger partial charge in [-0.1, -0.05) is 27.7 Å². The molecule has 1 unspecified atom stereocenters. The Morgan fingerprint density at radius 2 is 2.14 bits per heavy atom. The van der Waals surface area contributed by atoms with Crippen LogP contribution in [0.3, 0.4) is 0 Å². The smallest absolute Gasteiger partial charge is 0.152 e. The second-order valence-electron chi connectivity index (χ2n) is 6.99. The van der Waals surface area contributed by atoms with Crippen molar-refractivity contribution in [1.29, 1.82) is 0 Å². The third-order valence-corrected chi connectivity index (χ3v) is 6.81. The van der Waals surface area contributed by atoms with Crippen LogP contribution in [0.2, 0.25) is 0 Å². The lowest BCUT2D eigenvalue weighted by molar-refractivity contribution is 0.325. The van der Waals surface area contributed by atoms with Crippen molar-refractivity contribution in [2.75, 3.05) is 18.1 Å². The molecule has 0 aromatic carbocycles. The molecule has 0 bridgehead atoms. The molecule has 0 saturated carbocycles. The molecule has 1 aromatic heterocycles. The number of hydrogen-bond donors (Lipinski definition) is 1. The number of hydrogen-bond acceptors (Lipinski definition) is 5. The number of rotatable bonds is 4. The number of aromatic nitrogens is 1. The van der Waals surface area contributed by atoms with Gasteiger partial charge in [0.15, 0.2) is 9.84 Å². The van der Waals surface area contributed by atoms with Crippen molar-refractivity contribution in [2.45, 2.75) is 57.9 Å². The molecule has 0 aliphatic carbocycles. The van der Waals surface area contributed by atoms with Crippen LogP contribution in [0.1, 0.15) is 57.7 Å². The van der Waals surface area contributed by atoms with Crippen LogP contribution in [0.15, 0.2) is 5.38 Å². The van der Waals surface area contributed by atoms with E-state index < -0.39 is 15.4 Å². The average molecular weight is 331 g/mol. The van der Waals surface area contributed by atoms with Crippen molar-refractivity contribution in [2.24, 2.45) is 0 Å². The number of sulfone groups is 1. The Hall–Kier alpha value is -0.460. The van der Waals surface area contributed by atoms with Crippen molar-refractivity contribution >= 4 is 21.2 Å². The molecular formula is C15H26N2O2S2. The highest BCUT2D eigenvalue weighted by molar-refractivity contribution is 7.91. The maximum absolute atomic E-state index is 12.1.